The first-order valence-corrected chi connectivity index (χ1v) is 6.53. The highest BCUT2D eigenvalue weighted by molar-refractivity contribution is 7.25. The van der Waals surface area contributed by atoms with Gasteiger partial charge in [0.05, 0.1) is 23.4 Å². The fraction of sp³-hybridized carbons (Fsp3) is 0.250. The number of nitrogens with two attached hydrogens (primary N) is 1. The second kappa shape index (κ2) is 3.60. The summed E-state index contributed by atoms with van der Waals surface area (Å²) in [5.74, 6) is 0.531. The first kappa shape index (κ1) is 10.2. The molecule has 0 saturated heterocycles. The van der Waals surface area contributed by atoms with Crippen LogP contribution in [0.1, 0.15) is 11.1 Å². The van der Waals surface area contributed by atoms with Crippen LogP contribution >= 0.6 is 11.3 Å². The van der Waals surface area contributed by atoms with Crippen molar-refractivity contribution in [1.29, 1.82) is 0 Å². The fourth-order valence-electron chi connectivity index (χ4n) is 2.42. The molecule has 0 aliphatic carbocycles. The topological polar surface area (TPSA) is 73.9 Å². The van der Waals surface area contributed by atoms with Gasteiger partial charge in [0.2, 0.25) is 0 Å². The summed E-state index contributed by atoms with van der Waals surface area (Å²) < 4.78 is 6.39. The van der Waals surface area contributed by atoms with E-state index in [9.17, 15) is 0 Å². The molecule has 4 rings (SSSR count). The summed E-state index contributed by atoms with van der Waals surface area (Å²) >= 11 is 1.56. The van der Waals surface area contributed by atoms with Crippen molar-refractivity contribution >= 4 is 37.6 Å². The number of nitrogens with zero attached hydrogens (tertiary/aromatic N) is 3. The average molecular weight is 258 g/mol. The van der Waals surface area contributed by atoms with Crippen LogP contribution in [0.3, 0.4) is 0 Å². The summed E-state index contributed by atoms with van der Waals surface area (Å²) in [6.07, 6.45) is 4.32. The number of hydrogen-bond donors (Lipinski definition) is 1. The minimum absolute atomic E-state index is 0.531. The van der Waals surface area contributed by atoms with E-state index < -0.39 is 0 Å². The van der Waals surface area contributed by atoms with E-state index in [1.54, 1.807) is 11.3 Å². The number of fused-ring (bicyclic) bond motifs is 5. The number of aromatic nitrogens is 3. The first-order chi connectivity index (χ1) is 8.84. The van der Waals surface area contributed by atoms with Crippen molar-refractivity contribution < 1.29 is 4.74 Å². The molecule has 0 saturated carbocycles. The van der Waals surface area contributed by atoms with E-state index in [0.29, 0.717) is 12.4 Å². The molecule has 3 aromatic heterocycles. The van der Waals surface area contributed by atoms with Crippen LogP contribution in [0.15, 0.2) is 12.5 Å². The normalized spacial score (nSPS) is 15.1. The predicted molar refractivity (Wildman–Crippen MR) is 70.5 cm³/mol. The minimum atomic E-state index is 0.531. The van der Waals surface area contributed by atoms with Gasteiger partial charge in [0.25, 0.3) is 0 Å². The van der Waals surface area contributed by atoms with Crippen molar-refractivity contribution in [3.05, 3.63) is 23.7 Å². The molecule has 0 aromatic carbocycles. The molecule has 5 nitrogen and oxygen atoms in total. The lowest BCUT2D eigenvalue weighted by atomic mass is 10.0. The number of thiophene rings is 1. The molecule has 0 unspecified atom stereocenters. The Balaban J connectivity index is 2.20. The Morgan fingerprint density at radius 3 is 3.17 bits per heavy atom. The number of pyridine rings is 1. The highest BCUT2D eigenvalue weighted by atomic mass is 32.1. The smallest absolute Gasteiger partial charge is 0.144 e. The highest BCUT2D eigenvalue weighted by Gasteiger charge is 2.19. The molecule has 4 heterocycles. The maximum absolute atomic E-state index is 5.90. The summed E-state index contributed by atoms with van der Waals surface area (Å²) in [6.45, 7) is 1.39. The molecule has 0 fully saturated rings. The molecular formula is C12H10N4OS. The molecular weight excluding hydrogens is 248 g/mol. The SMILES string of the molecule is Nc1ncnc2c1sc1ncc3c(c12)CCOC3. The van der Waals surface area contributed by atoms with E-state index >= 15 is 0 Å². The third-order valence-corrected chi connectivity index (χ3v) is 4.37. The Morgan fingerprint density at radius 1 is 1.28 bits per heavy atom. The zero-order valence-corrected chi connectivity index (χ0v) is 10.3. The Hall–Kier alpha value is -1.79. The van der Waals surface area contributed by atoms with Crippen LogP contribution in [0.4, 0.5) is 5.82 Å². The van der Waals surface area contributed by atoms with Gasteiger partial charge in [-0.1, -0.05) is 0 Å². The Labute approximate surface area is 107 Å². The van der Waals surface area contributed by atoms with Crippen molar-refractivity contribution in [1.82, 2.24) is 15.0 Å². The Bertz CT molecular complexity index is 767. The number of anilines is 1. The fourth-order valence-corrected chi connectivity index (χ4v) is 3.45. The van der Waals surface area contributed by atoms with Gasteiger partial charge in [-0.3, -0.25) is 0 Å². The van der Waals surface area contributed by atoms with Gasteiger partial charge in [0.15, 0.2) is 0 Å². The van der Waals surface area contributed by atoms with Gasteiger partial charge in [-0.05, 0) is 12.0 Å². The molecule has 18 heavy (non-hydrogen) atoms. The van der Waals surface area contributed by atoms with E-state index in [2.05, 4.69) is 15.0 Å². The van der Waals surface area contributed by atoms with Crippen LogP contribution in [-0.4, -0.2) is 21.6 Å². The van der Waals surface area contributed by atoms with Crippen LogP contribution in [0.25, 0.3) is 20.4 Å². The molecule has 0 radical (unpaired) electrons. The summed E-state index contributed by atoms with van der Waals surface area (Å²) in [6, 6.07) is 0. The van der Waals surface area contributed by atoms with Gasteiger partial charge in [0, 0.05) is 17.1 Å². The second-order valence-electron chi connectivity index (χ2n) is 4.28. The number of rotatable bonds is 0. The van der Waals surface area contributed by atoms with Crippen LogP contribution in [-0.2, 0) is 17.8 Å². The molecule has 2 N–H and O–H groups in total. The summed E-state index contributed by atoms with van der Waals surface area (Å²) in [7, 11) is 0. The Morgan fingerprint density at radius 2 is 2.22 bits per heavy atom. The average Bonchev–Trinajstić information content (AvgIpc) is 2.79. The number of hydrogen-bond acceptors (Lipinski definition) is 6. The number of ether oxygens (including phenoxy) is 1. The van der Waals surface area contributed by atoms with Gasteiger partial charge in [-0.15, -0.1) is 11.3 Å². The molecule has 0 bridgehead atoms. The van der Waals surface area contributed by atoms with Gasteiger partial charge in [-0.2, -0.15) is 0 Å². The molecule has 3 aromatic rings. The molecule has 0 atom stereocenters. The zero-order chi connectivity index (χ0) is 12.1. The van der Waals surface area contributed by atoms with E-state index in [1.807, 2.05) is 6.20 Å². The van der Waals surface area contributed by atoms with Crippen LogP contribution < -0.4 is 5.73 Å². The van der Waals surface area contributed by atoms with E-state index in [-0.39, 0.29) is 0 Å². The first-order valence-electron chi connectivity index (χ1n) is 5.72. The molecule has 1 aliphatic heterocycles. The Kier molecular flexibility index (Phi) is 2.03. The van der Waals surface area contributed by atoms with Crippen LogP contribution in [0.5, 0.6) is 0 Å². The van der Waals surface area contributed by atoms with Gasteiger partial charge >= 0.3 is 0 Å². The van der Waals surface area contributed by atoms with E-state index in [1.165, 1.54) is 11.9 Å². The third kappa shape index (κ3) is 1.27. The second-order valence-corrected chi connectivity index (χ2v) is 5.28. The summed E-state index contributed by atoms with van der Waals surface area (Å²) in [4.78, 5) is 13.9. The van der Waals surface area contributed by atoms with Crippen molar-refractivity contribution in [2.75, 3.05) is 12.3 Å². The van der Waals surface area contributed by atoms with Crippen LogP contribution in [0.2, 0.25) is 0 Å². The molecule has 1 aliphatic rings. The minimum Gasteiger partial charge on any atom is -0.382 e. The van der Waals surface area contributed by atoms with Gasteiger partial charge in [-0.25, -0.2) is 15.0 Å². The van der Waals surface area contributed by atoms with E-state index in [0.717, 1.165) is 39.0 Å². The maximum Gasteiger partial charge on any atom is 0.144 e. The molecule has 0 amide bonds. The molecule has 90 valence electrons. The monoisotopic (exact) mass is 258 g/mol. The molecule has 0 spiro atoms. The lowest BCUT2D eigenvalue weighted by Crippen LogP contribution is -2.10. The largest absolute Gasteiger partial charge is 0.382 e. The summed E-state index contributed by atoms with van der Waals surface area (Å²) in [5, 5.41) is 1.13. The van der Waals surface area contributed by atoms with Crippen molar-refractivity contribution in [3.63, 3.8) is 0 Å². The van der Waals surface area contributed by atoms with Gasteiger partial charge in [0.1, 0.15) is 17.0 Å². The van der Waals surface area contributed by atoms with E-state index in [4.69, 9.17) is 10.5 Å². The van der Waals surface area contributed by atoms with Crippen molar-refractivity contribution in [2.24, 2.45) is 0 Å². The molecule has 6 heteroatoms. The zero-order valence-electron chi connectivity index (χ0n) is 9.51. The number of nitrogen functional groups attached to an aromatic ring is 1. The van der Waals surface area contributed by atoms with Crippen LogP contribution in [0, 0.1) is 0 Å². The highest BCUT2D eigenvalue weighted by Crippen LogP contribution is 2.37. The summed E-state index contributed by atoms with van der Waals surface area (Å²) in [5.41, 5.74) is 9.29. The standard InChI is InChI=1S/C12H10N4OS/c13-11-10-9(15-5-16-11)8-7-1-2-17-4-6(7)3-14-12(8)18-10/h3,5H,1-2,4H2,(H2,13,15,16). The quantitative estimate of drug-likeness (QED) is 0.666. The maximum atomic E-state index is 5.90. The lowest BCUT2D eigenvalue weighted by molar-refractivity contribution is 0.111. The van der Waals surface area contributed by atoms with Crippen molar-refractivity contribution in [3.8, 4) is 0 Å². The lowest BCUT2D eigenvalue weighted by Gasteiger charge is -2.16. The predicted octanol–water partition coefficient (Wildman–Crippen LogP) is 1.89. The van der Waals surface area contributed by atoms with Gasteiger partial charge < -0.3 is 10.5 Å². The van der Waals surface area contributed by atoms with Crippen molar-refractivity contribution in [2.45, 2.75) is 13.0 Å². The third-order valence-electron chi connectivity index (χ3n) is 3.26.